The molecule has 108 valence electrons. The molecule has 0 spiro atoms. The van der Waals surface area contributed by atoms with Crippen molar-refractivity contribution in [1.29, 1.82) is 0 Å². The number of carbonyl (C=O) groups excluding carboxylic acids is 2. The van der Waals surface area contributed by atoms with Gasteiger partial charge in [0.15, 0.2) is 17.6 Å². The van der Waals surface area contributed by atoms with Gasteiger partial charge in [-0.15, -0.1) is 0 Å². The predicted octanol–water partition coefficient (Wildman–Crippen LogP) is 2.10. The number of carbonyl (C=O) groups is 2. The first kappa shape index (κ1) is 13.3. The number of nitrogens with two attached hydrogens (primary N) is 1. The molecule has 0 unspecified atom stereocenters. The molecule has 1 aliphatic rings. The Morgan fingerprint density at radius 3 is 2.90 bits per heavy atom. The van der Waals surface area contributed by atoms with Crippen LogP contribution in [0.3, 0.4) is 0 Å². The minimum Gasteiger partial charge on any atom is -0.482 e. The highest BCUT2D eigenvalue weighted by molar-refractivity contribution is 6.29. The maximum Gasteiger partial charge on any atom is 0.291 e. The fourth-order valence-corrected chi connectivity index (χ4v) is 2.02. The molecule has 1 aromatic carbocycles. The van der Waals surface area contributed by atoms with Crippen molar-refractivity contribution in [2.24, 2.45) is 0 Å². The molecule has 3 rings (SSSR count). The summed E-state index contributed by atoms with van der Waals surface area (Å²) in [7, 11) is 0. The van der Waals surface area contributed by atoms with Gasteiger partial charge in [0, 0.05) is 6.07 Å². The number of fused-ring (bicyclic) bond motifs is 1. The van der Waals surface area contributed by atoms with E-state index < -0.39 is 5.91 Å². The second kappa shape index (κ2) is 5.02. The Kier molecular flexibility index (Phi) is 3.19. The zero-order valence-electron chi connectivity index (χ0n) is 10.6. The van der Waals surface area contributed by atoms with Crippen LogP contribution in [0.4, 0.5) is 17.1 Å². The van der Waals surface area contributed by atoms with Crippen LogP contribution in [0.15, 0.2) is 28.7 Å². The average molecular weight is 308 g/mol. The number of amides is 2. The minimum absolute atomic E-state index is 0.0532. The molecule has 0 saturated heterocycles. The van der Waals surface area contributed by atoms with Gasteiger partial charge in [-0.2, -0.15) is 0 Å². The smallest absolute Gasteiger partial charge is 0.291 e. The number of benzene rings is 1. The second-order valence-corrected chi connectivity index (χ2v) is 4.70. The molecule has 8 heteroatoms. The van der Waals surface area contributed by atoms with E-state index in [1.54, 1.807) is 0 Å². The number of nitrogens with one attached hydrogen (secondary N) is 2. The Morgan fingerprint density at radius 2 is 2.19 bits per heavy atom. The van der Waals surface area contributed by atoms with Crippen LogP contribution >= 0.6 is 11.6 Å². The molecule has 4 N–H and O–H groups in total. The van der Waals surface area contributed by atoms with Crippen LogP contribution in [0.1, 0.15) is 10.6 Å². The number of furan rings is 1. The van der Waals surface area contributed by atoms with Gasteiger partial charge in [0.05, 0.1) is 17.1 Å². The summed E-state index contributed by atoms with van der Waals surface area (Å²) in [5.41, 5.74) is 6.92. The van der Waals surface area contributed by atoms with Crippen molar-refractivity contribution >= 4 is 40.5 Å². The standard InChI is InChI=1S/C13H10ClN3O4/c14-11-2-1-9(21-11)13(19)17-7-4-8-10(3-6(7)15)20-5-12(18)16-8/h1-4H,5,15H2,(H,16,18)(H,17,19). The van der Waals surface area contributed by atoms with Crippen molar-refractivity contribution in [2.75, 3.05) is 23.0 Å². The summed E-state index contributed by atoms with van der Waals surface area (Å²) in [6.07, 6.45) is 0. The fourth-order valence-electron chi connectivity index (χ4n) is 1.87. The molecule has 0 bridgehead atoms. The lowest BCUT2D eigenvalue weighted by Crippen LogP contribution is -2.25. The largest absolute Gasteiger partial charge is 0.482 e. The third-order valence-corrected chi connectivity index (χ3v) is 3.03. The number of ether oxygens (including phenoxy) is 1. The third-order valence-electron chi connectivity index (χ3n) is 2.83. The van der Waals surface area contributed by atoms with Crippen molar-refractivity contribution in [2.45, 2.75) is 0 Å². The van der Waals surface area contributed by atoms with E-state index in [0.29, 0.717) is 22.8 Å². The average Bonchev–Trinajstić information content (AvgIpc) is 2.87. The highest BCUT2D eigenvalue weighted by atomic mass is 35.5. The quantitative estimate of drug-likeness (QED) is 0.737. The Morgan fingerprint density at radius 1 is 1.38 bits per heavy atom. The Balaban J connectivity index is 1.87. The fraction of sp³-hybridized carbons (Fsp3) is 0.0769. The van der Waals surface area contributed by atoms with Gasteiger partial charge in [0.2, 0.25) is 0 Å². The summed E-state index contributed by atoms with van der Waals surface area (Å²) in [5.74, 6) is -0.275. The molecular weight excluding hydrogens is 298 g/mol. The lowest BCUT2D eigenvalue weighted by atomic mass is 10.2. The first-order valence-corrected chi connectivity index (χ1v) is 6.33. The van der Waals surface area contributed by atoms with Crippen molar-refractivity contribution in [3.8, 4) is 5.75 Å². The second-order valence-electron chi connectivity index (χ2n) is 4.33. The Hall–Kier alpha value is -2.67. The molecule has 2 amide bonds. The SMILES string of the molecule is Nc1cc2c(cc1NC(=O)c1ccc(Cl)o1)NC(=O)CO2. The van der Waals surface area contributed by atoms with E-state index in [-0.39, 0.29) is 23.5 Å². The highest BCUT2D eigenvalue weighted by Gasteiger charge is 2.19. The molecule has 7 nitrogen and oxygen atoms in total. The number of hydrogen-bond acceptors (Lipinski definition) is 5. The number of rotatable bonds is 2. The first-order chi connectivity index (χ1) is 10.0. The van der Waals surface area contributed by atoms with Gasteiger partial charge in [0.25, 0.3) is 11.8 Å². The van der Waals surface area contributed by atoms with Crippen LogP contribution in [0, 0.1) is 0 Å². The summed E-state index contributed by atoms with van der Waals surface area (Å²) >= 11 is 5.61. The normalized spacial score (nSPS) is 13.1. The zero-order valence-corrected chi connectivity index (χ0v) is 11.4. The number of anilines is 3. The molecule has 21 heavy (non-hydrogen) atoms. The molecule has 2 aromatic rings. The first-order valence-electron chi connectivity index (χ1n) is 5.96. The maximum absolute atomic E-state index is 12.0. The third kappa shape index (κ3) is 2.63. The number of hydrogen-bond donors (Lipinski definition) is 3. The lowest BCUT2D eigenvalue weighted by Gasteiger charge is -2.19. The molecular formula is C13H10ClN3O4. The van der Waals surface area contributed by atoms with Crippen molar-refractivity contribution in [1.82, 2.24) is 0 Å². The molecule has 0 atom stereocenters. The molecule has 0 aliphatic carbocycles. The van der Waals surface area contributed by atoms with Gasteiger partial charge < -0.3 is 25.5 Å². The number of nitrogen functional groups attached to an aromatic ring is 1. The van der Waals surface area contributed by atoms with E-state index in [0.717, 1.165) is 0 Å². The minimum atomic E-state index is -0.503. The van der Waals surface area contributed by atoms with Gasteiger partial charge in [-0.1, -0.05) is 0 Å². The van der Waals surface area contributed by atoms with E-state index in [1.165, 1.54) is 24.3 Å². The van der Waals surface area contributed by atoms with Crippen LogP contribution in [0.5, 0.6) is 5.75 Å². The van der Waals surface area contributed by atoms with E-state index in [2.05, 4.69) is 10.6 Å². The summed E-state index contributed by atoms with van der Waals surface area (Å²) in [6, 6.07) is 5.95. The monoisotopic (exact) mass is 307 g/mol. The predicted molar refractivity (Wildman–Crippen MR) is 76.7 cm³/mol. The summed E-state index contributed by atoms with van der Waals surface area (Å²) in [5, 5.41) is 5.32. The van der Waals surface area contributed by atoms with Crippen LogP contribution in [-0.4, -0.2) is 18.4 Å². The van der Waals surface area contributed by atoms with Crippen LogP contribution in [-0.2, 0) is 4.79 Å². The van der Waals surface area contributed by atoms with Gasteiger partial charge in [-0.25, -0.2) is 0 Å². The van der Waals surface area contributed by atoms with Gasteiger partial charge in [-0.05, 0) is 29.8 Å². The topological polar surface area (TPSA) is 107 Å². The van der Waals surface area contributed by atoms with E-state index in [1.807, 2.05) is 0 Å². The molecule has 0 fully saturated rings. The van der Waals surface area contributed by atoms with Crippen LogP contribution in [0.2, 0.25) is 5.22 Å². The molecule has 1 aliphatic heterocycles. The lowest BCUT2D eigenvalue weighted by molar-refractivity contribution is -0.118. The van der Waals surface area contributed by atoms with Crippen molar-refractivity contribution in [3.63, 3.8) is 0 Å². The molecule has 2 heterocycles. The van der Waals surface area contributed by atoms with Gasteiger partial charge in [-0.3, -0.25) is 9.59 Å². The molecule has 0 radical (unpaired) electrons. The van der Waals surface area contributed by atoms with Gasteiger partial charge in [0.1, 0.15) is 5.75 Å². The Bertz CT molecular complexity index is 741. The molecule has 0 saturated carbocycles. The van der Waals surface area contributed by atoms with E-state index in [4.69, 9.17) is 26.5 Å². The van der Waals surface area contributed by atoms with Crippen molar-refractivity contribution in [3.05, 3.63) is 35.2 Å². The number of halogens is 1. The van der Waals surface area contributed by atoms with E-state index >= 15 is 0 Å². The van der Waals surface area contributed by atoms with Crippen molar-refractivity contribution < 1.29 is 18.7 Å². The van der Waals surface area contributed by atoms with Gasteiger partial charge >= 0.3 is 0 Å². The van der Waals surface area contributed by atoms with Crippen LogP contribution in [0.25, 0.3) is 0 Å². The summed E-state index contributed by atoms with van der Waals surface area (Å²) in [6.45, 7) is -0.0664. The maximum atomic E-state index is 12.0. The molecule has 1 aromatic heterocycles. The highest BCUT2D eigenvalue weighted by Crippen LogP contribution is 2.35. The van der Waals surface area contributed by atoms with E-state index in [9.17, 15) is 9.59 Å². The zero-order chi connectivity index (χ0) is 15.0. The van der Waals surface area contributed by atoms with Crippen LogP contribution < -0.4 is 21.1 Å². The Labute approximate surface area is 124 Å². The summed E-state index contributed by atoms with van der Waals surface area (Å²) < 4.78 is 10.2. The summed E-state index contributed by atoms with van der Waals surface area (Å²) in [4.78, 5) is 23.3.